The summed E-state index contributed by atoms with van der Waals surface area (Å²) in [7, 11) is 0. The highest BCUT2D eigenvalue weighted by molar-refractivity contribution is 5.72. The first-order valence-corrected chi connectivity index (χ1v) is 8.66. The van der Waals surface area contributed by atoms with Crippen LogP contribution in [-0.4, -0.2) is 26.0 Å². The Bertz CT molecular complexity index is 1090. The number of H-pyrrole nitrogens is 1. The lowest BCUT2D eigenvalue weighted by molar-refractivity contribution is 0.142. The van der Waals surface area contributed by atoms with E-state index in [0.717, 1.165) is 35.6 Å². The number of hydrogen-bond acceptors (Lipinski definition) is 5. The molecule has 0 bridgehead atoms. The molecule has 5 rings (SSSR count). The fourth-order valence-electron chi connectivity index (χ4n) is 3.76. The van der Waals surface area contributed by atoms with Gasteiger partial charge in [-0.25, -0.2) is 9.78 Å². The Morgan fingerprint density at radius 1 is 1.23 bits per heavy atom. The minimum Gasteiger partial charge on any atom is -0.468 e. The van der Waals surface area contributed by atoms with E-state index in [0.29, 0.717) is 18.7 Å². The molecule has 0 saturated heterocycles. The number of hydrogen-bond donors (Lipinski definition) is 1. The minimum absolute atomic E-state index is 0.0335. The van der Waals surface area contributed by atoms with E-state index >= 15 is 0 Å². The highest BCUT2D eigenvalue weighted by Gasteiger charge is 2.31. The van der Waals surface area contributed by atoms with E-state index in [2.05, 4.69) is 14.9 Å². The van der Waals surface area contributed by atoms with E-state index in [1.165, 1.54) is 0 Å². The van der Waals surface area contributed by atoms with Crippen molar-refractivity contribution < 1.29 is 8.83 Å². The van der Waals surface area contributed by atoms with E-state index in [-0.39, 0.29) is 11.8 Å². The average Bonchev–Trinajstić information content (AvgIpc) is 3.38. The van der Waals surface area contributed by atoms with Crippen LogP contribution in [-0.2, 0) is 19.5 Å². The standard InChI is InChI=1S/C19H18N4O3/c24-19-23(15-5-1-2-6-17(15)26-19)11-16-18-14(20-12-21-18)7-8-22(16)10-13-4-3-9-25-13/h1-6,9,12,16H,7-8,10-11H2,(H,20,21)/t16-/m1/s1. The summed E-state index contributed by atoms with van der Waals surface area (Å²) >= 11 is 0. The van der Waals surface area contributed by atoms with Crippen LogP contribution in [0, 0.1) is 0 Å². The SMILES string of the molecule is O=c1oc2ccccc2n1C[C@@H]1c2nc[nH]c2CCN1Cc1ccco1. The van der Waals surface area contributed by atoms with Gasteiger partial charge in [0, 0.05) is 18.7 Å². The second-order valence-corrected chi connectivity index (χ2v) is 6.53. The monoisotopic (exact) mass is 350 g/mol. The first kappa shape index (κ1) is 15.2. The van der Waals surface area contributed by atoms with Crippen molar-refractivity contribution in [3.8, 4) is 0 Å². The third kappa shape index (κ3) is 2.48. The summed E-state index contributed by atoms with van der Waals surface area (Å²) in [5.74, 6) is 0.560. The third-order valence-corrected chi connectivity index (χ3v) is 5.03. The van der Waals surface area contributed by atoms with Gasteiger partial charge < -0.3 is 13.8 Å². The van der Waals surface area contributed by atoms with Crippen molar-refractivity contribution in [2.75, 3.05) is 6.54 Å². The zero-order chi connectivity index (χ0) is 17.5. The van der Waals surface area contributed by atoms with Crippen LogP contribution >= 0.6 is 0 Å². The van der Waals surface area contributed by atoms with Gasteiger partial charge in [-0.05, 0) is 24.3 Å². The van der Waals surface area contributed by atoms with Gasteiger partial charge in [0.15, 0.2) is 5.58 Å². The molecule has 0 aliphatic carbocycles. The summed E-state index contributed by atoms with van der Waals surface area (Å²) in [6, 6.07) is 11.3. The van der Waals surface area contributed by atoms with Gasteiger partial charge in [0.05, 0.1) is 42.9 Å². The molecule has 0 spiro atoms. The molecule has 0 radical (unpaired) electrons. The van der Waals surface area contributed by atoms with Crippen LogP contribution in [0.15, 0.2) is 62.6 Å². The zero-order valence-electron chi connectivity index (χ0n) is 14.1. The lowest BCUT2D eigenvalue weighted by Gasteiger charge is -2.34. The Hall–Kier alpha value is -3.06. The van der Waals surface area contributed by atoms with Crippen LogP contribution in [0.4, 0.5) is 0 Å². The third-order valence-electron chi connectivity index (χ3n) is 5.03. The lowest BCUT2D eigenvalue weighted by atomic mass is 10.0. The number of rotatable bonds is 4. The van der Waals surface area contributed by atoms with Crippen molar-refractivity contribution in [1.82, 2.24) is 19.4 Å². The maximum Gasteiger partial charge on any atom is 0.420 e. The van der Waals surface area contributed by atoms with Gasteiger partial charge in [0.25, 0.3) is 0 Å². The van der Waals surface area contributed by atoms with E-state index in [4.69, 9.17) is 8.83 Å². The number of fused-ring (bicyclic) bond motifs is 2. The van der Waals surface area contributed by atoms with Gasteiger partial charge in [-0.2, -0.15) is 0 Å². The van der Waals surface area contributed by atoms with E-state index in [9.17, 15) is 4.79 Å². The number of nitrogens with zero attached hydrogens (tertiary/aromatic N) is 3. The Labute approximate surface area is 148 Å². The van der Waals surface area contributed by atoms with Crippen LogP contribution in [0.3, 0.4) is 0 Å². The van der Waals surface area contributed by atoms with Crippen LogP contribution in [0.1, 0.15) is 23.2 Å². The van der Waals surface area contributed by atoms with Crippen molar-refractivity contribution in [1.29, 1.82) is 0 Å². The molecular weight excluding hydrogens is 332 g/mol. The van der Waals surface area contributed by atoms with Crippen LogP contribution in [0.25, 0.3) is 11.1 Å². The van der Waals surface area contributed by atoms with Crippen LogP contribution < -0.4 is 5.76 Å². The number of furan rings is 1. The molecule has 0 fully saturated rings. The second-order valence-electron chi connectivity index (χ2n) is 6.53. The Morgan fingerprint density at radius 3 is 3.04 bits per heavy atom. The molecule has 1 N–H and O–H groups in total. The predicted molar refractivity (Wildman–Crippen MR) is 94.6 cm³/mol. The van der Waals surface area contributed by atoms with Crippen molar-refractivity contribution in [3.63, 3.8) is 0 Å². The normalized spacial score (nSPS) is 17.6. The quantitative estimate of drug-likeness (QED) is 0.612. The molecular formula is C19H18N4O3. The maximum absolute atomic E-state index is 12.4. The number of aromatic nitrogens is 3. The molecule has 1 aromatic carbocycles. The van der Waals surface area contributed by atoms with E-state index < -0.39 is 0 Å². The Morgan fingerprint density at radius 2 is 2.15 bits per heavy atom. The number of para-hydroxylation sites is 2. The van der Waals surface area contributed by atoms with Crippen molar-refractivity contribution in [2.24, 2.45) is 0 Å². The topological polar surface area (TPSA) is 80.2 Å². The molecule has 7 heteroatoms. The Kier molecular flexibility index (Phi) is 3.53. The van der Waals surface area contributed by atoms with Crippen LogP contribution in [0.5, 0.6) is 0 Å². The molecule has 132 valence electrons. The highest BCUT2D eigenvalue weighted by atomic mass is 16.4. The van der Waals surface area contributed by atoms with Gasteiger partial charge in [-0.15, -0.1) is 0 Å². The van der Waals surface area contributed by atoms with Crippen LogP contribution in [0.2, 0.25) is 0 Å². The lowest BCUT2D eigenvalue weighted by Crippen LogP contribution is -2.38. The predicted octanol–water partition coefficient (Wildman–Crippen LogP) is 2.71. The number of aromatic amines is 1. The van der Waals surface area contributed by atoms with E-state index in [1.807, 2.05) is 36.4 Å². The zero-order valence-corrected chi connectivity index (χ0v) is 14.1. The molecule has 1 aliphatic heterocycles. The summed E-state index contributed by atoms with van der Waals surface area (Å²) in [6.45, 7) is 2.02. The fraction of sp³-hybridized carbons (Fsp3) is 0.263. The van der Waals surface area contributed by atoms with Gasteiger partial charge in [-0.1, -0.05) is 12.1 Å². The van der Waals surface area contributed by atoms with E-state index in [1.54, 1.807) is 17.2 Å². The summed E-state index contributed by atoms with van der Waals surface area (Å²) in [5.41, 5.74) is 3.53. The largest absolute Gasteiger partial charge is 0.468 e. The smallest absolute Gasteiger partial charge is 0.420 e. The summed E-state index contributed by atoms with van der Waals surface area (Å²) < 4.78 is 12.6. The Balaban J connectivity index is 1.55. The number of benzene rings is 1. The molecule has 4 aromatic rings. The second kappa shape index (κ2) is 6.03. The highest BCUT2D eigenvalue weighted by Crippen LogP contribution is 2.31. The molecule has 26 heavy (non-hydrogen) atoms. The molecule has 0 saturated carbocycles. The van der Waals surface area contributed by atoms with Gasteiger partial charge in [0.2, 0.25) is 0 Å². The molecule has 4 heterocycles. The van der Waals surface area contributed by atoms with Gasteiger partial charge >= 0.3 is 5.76 Å². The average molecular weight is 350 g/mol. The summed E-state index contributed by atoms with van der Waals surface area (Å²) in [4.78, 5) is 22.5. The van der Waals surface area contributed by atoms with Gasteiger partial charge in [0.1, 0.15) is 5.76 Å². The minimum atomic E-state index is -0.341. The first-order chi connectivity index (χ1) is 12.8. The number of nitrogens with one attached hydrogen (secondary N) is 1. The fourth-order valence-corrected chi connectivity index (χ4v) is 3.76. The molecule has 0 amide bonds. The first-order valence-electron chi connectivity index (χ1n) is 8.66. The molecule has 3 aromatic heterocycles. The summed E-state index contributed by atoms with van der Waals surface area (Å²) in [5, 5.41) is 0. The maximum atomic E-state index is 12.4. The number of imidazole rings is 1. The van der Waals surface area contributed by atoms with Crippen molar-refractivity contribution >= 4 is 11.1 Å². The molecule has 1 atom stereocenters. The number of oxazole rings is 1. The molecule has 7 nitrogen and oxygen atoms in total. The van der Waals surface area contributed by atoms with Gasteiger partial charge in [-0.3, -0.25) is 9.47 Å². The van der Waals surface area contributed by atoms with Crippen molar-refractivity contribution in [2.45, 2.75) is 25.6 Å². The molecule has 0 unspecified atom stereocenters. The molecule has 1 aliphatic rings. The van der Waals surface area contributed by atoms with Crippen molar-refractivity contribution in [3.05, 3.63) is 76.7 Å². The summed E-state index contributed by atoms with van der Waals surface area (Å²) in [6.07, 6.45) is 4.31.